The first kappa shape index (κ1) is 22.1. The number of nitrogen functional groups attached to an aromatic ring is 1. The van der Waals surface area contributed by atoms with Crippen LogP contribution >= 0.6 is 0 Å². The van der Waals surface area contributed by atoms with Gasteiger partial charge < -0.3 is 20.5 Å². The van der Waals surface area contributed by atoms with Gasteiger partial charge in [-0.25, -0.2) is 9.48 Å². The van der Waals surface area contributed by atoms with Crippen molar-refractivity contribution in [1.82, 2.24) is 24.9 Å². The highest BCUT2D eigenvalue weighted by atomic mass is 16.6. The summed E-state index contributed by atoms with van der Waals surface area (Å²) < 4.78 is 6.85. The highest BCUT2D eigenvalue weighted by molar-refractivity contribution is 5.97. The Morgan fingerprint density at radius 1 is 1.18 bits per heavy atom. The summed E-state index contributed by atoms with van der Waals surface area (Å²) >= 11 is 0. The predicted octanol–water partition coefficient (Wildman–Crippen LogP) is 2.20. The lowest BCUT2D eigenvalue weighted by Crippen LogP contribution is -2.53. The fourth-order valence-electron chi connectivity index (χ4n) is 3.41. The molecule has 33 heavy (non-hydrogen) atoms. The van der Waals surface area contributed by atoms with Gasteiger partial charge in [-0.05, 0) is 39.0 Å². The summed E-state index contributed by atoms with van der Waals surface area (Å²) in [5.74, 6) is -0.0376. The molecular weight excluding hydrogens is 426 g/mol. The molecule has 1 saturated heterocycles. The van der Waals surface area contributed by atoms with Crippen LogP contribution in [0.25, 0.3) is 16.9 Å². The monoisotopic (exact) mass is 451 g/mol. The second-order valence-electron chi connectivity index (χ2n) is 8.61. The van der Waals surface area contributed by atoms with E-state index >= 15 is 0 Å². The number of piperazine rings is 1. The zero-order valence-electron chi connectivity index (χ0n) is 18.6. The van der Waals surface area contributed by atoms with E-state index in [9.17, 15) is 14.7 Å². The number of para-hydroxylation sites is 1. The second kappa shape index (κ2) is 8.41. The molecule has 3 aromatic rings. The van der Waals surface area contributed by atoms with Crippen LogP contribution in [-0.4, -0.2) is 67.2 Å². The number of aromatic nitrogens is 4. The van der Waals surface area contributed by atoms with E-state index in [1.54, 1.807) is 68.4 Å². The van der Waals surface area contributed by atoms with Crippen molar-refractivity contribution in [3.8, 4) is 22.7 Å². The van der Waals surface area contributed by atoms with Gasteiger partial charge >= 0.3 is 6.09 Å². The molecule has 11 nitrogen and oxygen atoms in total. The Morgan fingerprint density at radius 2 is 1.94 bits per heavy atom. The fourth-order valence-corrected chi connectivity index (χ4v) is 3.41. The maximum Gasteiger partial charge on any atom is 0.410 e. The van der Waals surface area contributed by atoms with Crippen LogP contribution in [-0.2, 0) is 9.53 Å². The number of phenolic OH excluding ortho intramolecular Hbond substituents is 1. The van der Waals surface area contributed by atoms with E-state index in [1.807, 2.05) is 0 Å². The van der Waals surface area contributed by atoms with Gasteiger partial charge in [0, 0.05) is 18.7 Å². The lowest BCUT2D eigenvalue weighted by molar-refractivity contribution is -0.121. The van der Waals surface area contributed by atoms with Crippen molar-refractivity contribution >= 4 is 23.5 Å². The zero-order chi connectivity index (χ0) is 23.8. The van der Waals surface area contributed by atoms with Gasteiger partial charge in [-0.3, -0.25) is 9.69 Å². The van der Waals surface area contributed by atoms with Crippen molar-refractivity contribution in [2.75, 3.05) is 30.3 Å². The maximum absolute atomic E-state index is 12.7. The third-order valence-corrected chi connectivity index (χ3v) is 4.98. The lowest BCUT2D eigenvalue weighted by atomic mass is 10.1. The number of phenols is 1. The number of aromatic hydroxyl groups is 1. The molecule has 0 spiro atoms. The highest BCUT2D eigenvalue weighted by Gasteiger charge is 2.31. The Bertz CT molecular complexity index is 1200. The largest absolute Gasteiger partial charge is 0.507 e. The Morgan fingerprint density at radius 3 is 2.64 bits per heavy atom. The van der Waals surface area contributed by atoms with Crippen LogP contribution in [0.3, 0.4) is 0 Å². The standard InChI is InChI=1S/C22H25N7O4/c1-22(2,3)33-21(32)27-8-9-28(19(31)13-27)14-11-24-29(12-14)17-10-16(25-26-20(17)23)15-6-4-5-7-18(15)30/h4-7,10-12,30H,8-9,13H2,1-3H3,(H2,23,26). The number of amides is 2. The first-order valence-corrected chi connectivity index (χ1v) is 10.4. The van der Waals surface area contributed by atoms with Crippen molar-refractivity contribution in [1.29, 1.82) is 0 Å². The van der Waals surface area contributed by atoms with Crippen LogP contribution in [0.5, 0.6) is 5.75 Å². The van der Waals surface area contributed by atoms with Crippen molar-refractivity contribution in [3.05, 3.63) is 42.7 Å². The number of hydrogen-bond donors (Lipinski definition) is 2. The molecule has 0 atom stereocenters. The molecule has 4 rings (SSSR count). The van der Waals surface area contributed by atoms with E-state index in [4.69, 9.17) is 10.5 Å². The Kier molecular flexibility index (Phi) is 5.62. The number of rotatable bonds is 3. The number of carbonyl (C=O) groups is 2. The van der Waals surface area contributed by atoms with Crippen LogP contribution in [0.15, 0.2) is 42.7 Å². The van der Waals surface area contributed by atoms with Crippen molar-refractivity contribution in [2.24, 2.45) is 0 Å². The summed E-state index contributed by atoms with van der Waals surface area (Å²) in [6.45, 7) is 5.89. The molecule has 0 aliphatic carbocycles. The van der Waals surface area contributed by atoms with Gasteiger partial charge in [-0.2, -0.15) is 5.10 Å². The minimum absolute atomic E-state index is 0.0668. The SMILES string of the molecule is CC(C)(C)OC(=O)N1CCN(c2cnn(-c3cc(-c4ccccc4O)nnc3N)c2)C(=O)C1. The minimum atomic E-state index is -0.633. The molecule has 1 aliphatic heterocycles. The average Bonchev–Trinajstić information content (AvgIpc) is 3.23. The third kappa shape index (κ3) is 4.71. The van der Waals surface area contributed by atoms with Crippen LogP contribution in [0.1, 0.15) is 20.8 Å². The van der Waals surface area contributed by atoms with Crippen LogP contribution in [0.4, 0.5) is 16.3 Å². The molecule has 172 valence electrons. The molecule has 3 N–H and O–H groups in total. The smallest absolute Gasteiger partial charge is 0.410 e. The predicted molar refractivity (Wildman–Crippen MR) is 121 cm³/mol. The molecule has 2 aromatic heterocycles. The molecular formula is C22H25N7O4. The quantitative estimate of drug-likeness (QED) is 0.618. The summed E-state index contributed by atoms with van der Waals surface area (Å²) in [6.07, 6.45) is 2.68. The molecule has 0 saturated carbocycles. The van der Waals surface area contributed by atoms with Crippen LogP contribution in [0.2, 0.25) is 0 Å². The Balaban J connectivity index is 1.53. The normalized spacial score (nSPS) is 14.5. The summed E-state index contributed by atoms with van der Waals surface area (Å²) in [5, 5.41) is 22.5. The van der Waals surface area contributed by atoms with Crippen LogP contribution < -0.4 is 10.6 Å². The Hall–Kier alpha value is -4.15. The number of ether oxygens (including phenoxy) is 1. The summed E-state index contributed by atoms with van der Waals surface area (Å²) in [7, 11) is 0. The Labute approximate surface area is 190 Å². The molecule has 1 fully saturated rings. The van der Waals surface area contributed by atoms with Gasteiger partial charge in [0.1, 0.15) is 23.6 Å². The summed E-state index contributed by atoms with van der Waals surface area (Å²) in [5.41, 5.74) is 7.33. The van der Waals surface area contributed by atoms with Gasteiger partial charge in [0.25, 0.3) is 0 Å². The third-order valence-electron chi connectivity index (χ3n) is 4.98. The molecule has 1 aromatic carbocycles. The first-order valence-electron chi connectivity index (χ1n) is 10.4. The number of nitrogens with zero attached hydrogens (tertiary/aromatic N) is 6. The molecule has 3 heterocycles. The van der Waals surface area contributed by atoms with E-state index in [0.29, 0.717) is 35.7 Å². The van der Waals surface area contributed by atoms with Gasteiger partial charge in [-0.15, -0.1) is 10.2 Å². The fraction of sp³-hybridized carbons (Fsp3) is 0.318. The van der Waals surface area contributed by atoms with E-state index in [0.717, 1.165) is 0 Å². The highest BCUT2D eigenvalue weighted by Crippen LogP contribution is 2.29. The summed E-state index contributed by atoms with van der Waals surface area (Å²) in [6, 6.07) is 8.43. The van der Waals surface area contributed by atoms with Gasteiger partial charge in [0.15, 0.2) is 5.82 Å². The van der Waals surface area contributed by atoms with Gasteiger partial charge in [0.2, 0.25) is 5.91 Å². The second-order valence-corrected chi connectivity index (χ2v) is 8.61. The lowest BCUT2D eigenvalue weighted by Gasteiger charge is -2.34. The van der Waals surface area contributed by atoms with E-state index < -0.39 is 11.7 Å². The van der Waals surface area contributed by atoms with Crippen LogP contribution in [0, 0.1) is 0 Å². The molecule has 0 radical (unpaired) electrons. The van der Waals surface area contributed by atoms with E-state index in [-0.39, 0.29) is 24.0 Å². The number of hydrogen-bond acceptors (Lipinski definition) is 8. The number of anilines is 2. The molecule has 1 aliphatic rings. The summed E-state index contributed by atoms with van der Waals surface area (Å²) in [4.78, 5) is 27.9. The average molecular weight is 451 g/mol. The topological polar surface area (TPSA) is 140 Å². The molecule has 2 amide bonds. The molecule has 11 heteroatoms. The molecule has 0 bridgehead atoms. The van der Waals surface area contributed by atoms with E-state index in [2.05, 4.69) is 15.3 Å². The van der Waals surface area contributed by atoms with Gasteiger partial charge in [-0.1, -0.05) is 12.1 Å². The van der Waals surface area contributed by atoms with Gasteiger partial charge in [0.05, 0.1) is 23.8 Å². The number of benzene rings is 1. The van der Waals surface area contributed by atoms with Crippen molar-refractivity contribution < 1.29 is 19.4 Å². The number of nitrogens with two attached hydrogens (primary N) is 1. The van der Waals surface area contributed by atoms with E-state index in [1.165, 1.54) is 9.58 Å². The number of carbonyl (C=O) groups excluding carboxylic acids is 2. The van der Waals surface area contributed by atoms with Crippen molar-refractivity contribution in [2.45, 2.75) is 26.4 Å². The maximum atomic E-state index is 12.7. The molecule has 0 unspecified atom stereocenters. The minimum Gasteiger partial charge on any atom is -0.507 e. The first-order chi connectivity index (χ1) is 15.6. The van der Waals surface area contributed by atoms with Crippen molar-refractivity contribution in [3.63, 3.8) is 0 Å². The zero-order valence-corrected chi connectivity index (χ0v) is 18.6.